The molecule has 1 amide bonds. The zero-order chi connectivity index (χ0) is 19.0. The molecule has 0 heterocycles. The van der Waals surface area contributed by atoms with Crippen molar-refractivity contribution in [2.45, 2.75) is 24.5 Å². The van der Waals surface area contributed by atoms with Gasteiger partial charge in [0.05, 0.1) is 10.6 Å². The topological polar surface area (TPSA) is 75.3 Å². The monoisotopic (exact) mass is 392 g/mol. The first-order valence-electron chi connectivity index (χ1n) is 8.33. The van der Waals surface area contributed by atoms with Gasteiger partial charge in [-0.15, -0.1) is 11.8 Å². The highest BCUT2D eigenvalue weighted by Gasteiger charge is 2.12. The lowest BCUT2D eigenvalue weighted by Crippen LogP contribution is -2.35. The van der Waals surface area contributed by atoms with Crippen LogP contribution in [0.5, 0.6) is 0 Å². The van der Waals surface area contributed by atoms with E-state index < -0.39 is 10.0 Å². The van der Waals surface area contributed by atoms with Crippen LogP contribution in [0.4, 0.5) is 0 Å². The Balaban J connectivity index is 1.65. The highest BCUT2D eigenvalue weighted by molar-refractivity contribution is 7.99. The van der Waals surface area contributed by atoms with Crippen molar-refractivity contribution in [1.29, 1.82) is 0 Å². The minimum Gasteiger partial charge on any atom is -0.354 e. The molecule has 0 fully saturated rings. The van der Waals surface area contributed by atoms with Gasteiger partial charge in [-0.05, 0) is 31.5 Å². The van der Waals surface area contributed by atoms with Crippen LogP contribution >= 0.6 is 11.8 Å². The van der Waals surface area contributed by atoms with Gasteiger partial charge in [0.15, 0.2) is 0 Å². The number of rotatable bonds is 9. The fraction of sp³-hybridized carbons (Fsp3) is 0.316. The van der Waals surface area contributed by atoms with E-state index in [0.29, 0.717) is 5.75 Å². The van der Waals surface area contributed by atoms with Gasteiger partial charge >= 0.3 is 0 Å². The van der Waals surface area contributed by atoms with Crippen LogP contribution in [0.2, 0.25) is 0 Å². The summed E-state index contributed by atoms with van der Waals surface area (Å²) in [5.74, 6) is 1.02. The predicted molar refractivity (Wildman–Crippen MR) is 107 cm³/mol. The van der Waals surface area contributed by atoms with E-state index in [0.717, 1.165) is 11.3 Å². The summed E-state index contributed by atoms with van der Waals surface area (Å²) in [5.41, 5.74) is 3.39. The van der Waals surface area contributed by atoms with Crippen molar-refractivity contribution in [2.24, 2.45) is 0 Å². The quantitative estimate of drug-likeness (QED) is 0.643. The van der Waals surface area contributed by atoms with Crippen LogP contribution in [0.1, 0.15) is 16.7 Å². The van der Waals surface area contributed by atoms with Crippen LogP contribution in [0.25, 0.3) is 0 Å². The van der Waals surface area contributed by atoms with E-state index in [2.05, 4.69) is 34.3 Å². The predicted octanol–water partition coefficient (Wildman–Crippen LogP) is 2.63. The molecule has 0 saturated carbocycles. The first kappa shape index (κ1) is 20.5. The number of thioether (sulfide) groups is 1. The van der Waals surface area contributed by atoms with Gasteiger partial charge in [-0.25, -0.2) is 13.1 Å². The van der Waals surface area contributed by atoms with Crippen LogP contribution < -0.4 is 10.0 Å². The van der Waals surface area contributed by atoms with Crippen molar-refractivity contribution >= 4 is 27.7 Å². The van der Waals surface area contributed by atoms with E-state index in [4.69, 9.17) is 0 Å². The molecule has 0 aliphatic rings. The molecule has 2 aromatic rings. The summed E-state index contributed by atoms with van der Waals surface area (Å²) in [6.45, 7) is 4.35. The lowest BCUT2D eigenvalue weighted by molar-refractivity contribution is -0.118. The summed E-state index contributed by atoms with van der Waals surface area (Å²) in [5, 5.41) is 2.72. The number of hydrogen-bond acceptors (Lipinski definition) is 4. The van der Waals surface area contributed by atoms with Gasteiger partial charge < -0.3 is 5.32 Å². The Morgan fingerprint density at radius 1 is 0.923 bits per heavy atom. The van der Waals surface area contributed by atoms with Gasteiger partial charge in [0.25, 0.3) is 0 Å². The van der Waals surface area contributed by atoms with Crippen LogP contribution in [-0.4, -0.2) is 33.2 Å². The molecule has 0 aliphatic heterocycles. The number of sulfonamides is 1. The number of nitrogens with one attached hydrogen (secondary N) is 2. The molecule has 26 heavy (non-hydrogen) atoms. The van der Waals surface area contributed by atoms with Gasteiger partial charge in [0.1, 0.15) is 0 Å². The zero-order valence-corrected chi connectivity index (χ0v) is 16.6. The summed E-state index contributed by atoms with van der Waals surface area (Å²) in [4.78, 5) is 12.0. The molecule has 7 heteroatoms. The number of benzene rings is 2. The van der Waals surface area contributed by atoms with Crippen LogP contribution in [0.15, 0.2) is 53.4 Å². The Morgan fingerprint density at radius 3 is 2.12 bits per heavy atom. The van der Waals surface area contributed by atoms with Crippen molar-refractivity contribution < 1.29 is 13.2 Å². The number of aryl methyl sites for hydroxylation is 2. The number of carbonyl (C=O) groups excluding carboxylic acids is 1. The third-order valence-corrected chi connectivity index (χ3v) is 6.17. The molecule has 0 unspecified atom stereocenters. The SMILES string of the molecule is Cc1ccc(CSCC(=O)NCCNS(=O)(=O)c2ccc(C)cc2)cc1. The molecule has 2 N–H and O–H groups in total. The molecule has 5 nitrogen and oxygen atoms in total. The number of amides is 1. The molecule has 0 saturated heterocycles. The molecular formula is C19H24N2O3S2. The molecule has 0 aliphatic carbocycles. The molecule has 0 radical (unpaired) electrons. The van der Waals surface area contributed by atoms with Crippen molar-refractivity contribution in [3.05, 3.63) is 65.2 Å². The largest absolute Gasteiger partial charge is 0.354 e. The third kappa shape index (κ3) is 6.82. The van der Waals surface area contributed by atoms with Gasteiger partial charge in [0, 0.05) is 18.8 Å². The van der Waals surface area contributed by atoms with E-state index in [1.54, 1.807) is 24.3 Å². The van der Waals surface area contributed by atoms with Crippen LogP contribution in [-0.2, 0) is 20.6 Å². The average molecular weight is 393 g/mol. The van der Waals surface area contributed by atoms with E-state index in [1.807, 2.05) is 13.8 Å². The maximum atomic E-state index is 12.1. The first-order valence-corrected chi connectivity index (χ1v) is 11.0. The summed E-state index contributed by atoms with van der Waals surface area (Å²) in [6.07, 6.45) is 0. The second kappa shape index (κ2) is 9.75. The summed E-state index contributed by atoms with van der Waals surface area (Å²) < 4.78 is 26.7. The molecule has 0 bridgehead atoms. The second-order valence-corrected chi connectivity index (χ2v) is 8.79. The Kier molecular flexibility index (Phi) is 7.68. The minimum absolute atomic E-state index is 0.100. The molecule has 0 spiro atoms. The standard InChI is InChI=1S/C19H24N2O3S2/c1-15-3-7-17(8-4-15)13-25-14-19(22)20-11-12-21-26(23,24)18-9-5-16(2)6-10-18/h3-10,21H,11-14H2,1-2H3,(H,20,22). The maximum Gasteiger partial charge on any atom is 0.240 e. The van der Waals surface area contributed by atoms with Crippen molar-refractivity contribution in [1.82, 2.24) is 10.0 Å². The maximum absolute atomic E-state index is 12.1. The highest BCUT2D eigenvalue weighted by Crippen LogP contribution is 2.12. The van der Waals surface area contributed by atoms with Crippen molar-refractivity contribution in [2.75, 3.05) is 18.8 Å². The molecule has 2 aromatic carbocycles. The van der Waals surface area contributed by atoms with Crippen molar-refractivity contribution in [3.8, 4) is 0 Å². The smallest absolute Gasteiger partial charge is 0.240 e. The lowest BCUT2D eigenvalue weighted by atomic mass is 10.2. The van der Waals surface area contributed by atoms with E-state index in [9.17, 15) is 13.2 Å². The third-order valence-electron chi connectivity index (χ3n) is 3.69. The van der Waals surface area contributed by atoms with Gasteiger partial charge in [-0.1, -0.05) is 47.5 Å². The van der Waals surface area contributed by atoms with Crippen molar-refractivity contribution in [3.63, 3.8) is 0 Å². The zero-order valence-electron chi connectivity index (χ0n) is 15.0. The second-order valence-electron chi connectivity index (χ2n) is 6.04. The fourth-order valence-electron chi connectivity index (χ4n) is 2.18. The summed E-state index contributed by atoms with van der Waals surface area (Å²) in [7, 11) is -3.54. The minimum atomic E-state index is -3.54. The van der Waals surface area contributed by atoms with Gasteiger partial charge in [0.2, 0.25) is 15.9 Å². The lowest BCUT2D eigenvalue weighted by Gasteiger charge is -2.08. The van der Waals surface area contributed by atoms with E-state index in [1.165, 1.54) is 22.9 Å². The van der Waals surface area contributed by atoms with Crippen LogP contribution in [0.3, 0.4) is 0 Å². The Labute approximate surface area is 159 Å². The molecule has 140 valence electrons. The molecule has 0 atom stereocenters. The Bertz CT molecular complexity index is 817. The summed E-state index contributed by atoms with van der Waals surface area (Å²) in [6, 6.07) is 14.9. The molecule has 0 aromatic heterocycles. The molecular weight excluding hydrogens is 368 g/mol. The normalized spacial score (nSPS) is 11.3. The Hall–Kier alpha value is -1.83. The van der Waals surface area contributed by atoms with E-state index >= 15 is 0 Å². The Morgan fingerprint density at radius 2 is 1.50 bits per heavy atom. The first-order chi connectivity index (χ1) is 12.4. The van der Waals surface area contributed by atoms with Crippen LogP contribution in [0, 0.1) is 13.8 Å². The molecule has 2 rings (SSSR count). The number of hydrogen-bond donors (Lipinski definition) is 2. The average Bonchev–Trinajstić information content (AvgIpc) is 2.61. The fourth-order valence-corrected chi connectivity index (χ4v) is 4.03. The summed E-state index contributed by atoms with van der Waals surface area (Å²) >= 11 is 1.53. The van der Waals surface area contributed by atoms with E-state index in [-0.39, 0.29) is 23.9 Å². The number of carbonyl (C=O) groups is 1. The highest BCUT2D eigenvalue weighted by atomic mass is 32.2. The van der Waals surface area contributed by atoms with Gasteiger partial charge in [-0.3, -0.25) is 4.79 Å². The van der Waals surface area contributed by atoms with Gasteiger partial charge in [-0.2, -0.15) is 0 Å².